The first kappa shape index (κ1) is 29.9. The third-order valence-electron chi connectivity index (χ3n) is 7.90. The third-order valence-corrected chi connectivity index (χ3v) is 12.4. The fourth-order valence-electron chi connectivity index (χ4n) is 4.76. The molecule has 1 aliphatic rings. The number of piperidine rings is 1. The molecular formula is C29H40F2N2O4Si. The van der Waals surface area contributed by atoms with E-state index in [4.69, 9.17) is 9.16 Å². The molecule has 1 heterocycles. The molecule has 1 N–H and O–H groups in total. The monoisotopic (exact) mass is 546 g/mol. The van der Waals surface area contributed by atoms with Crippen LogP contribution in [0.25, 0.3) is 0 Å². The van der Waals surface area contributed by atoms with Gasteiger partial charge in [0.1, 0.15) is 6.04 Å². The summed E-state index contributed by atoms with van der Waals surface area (Å²) in [5, 5.41) is 2.39. The highest BCUT2D eigenvalue weighted by molar-refractivity contribution is 6.74. The molecule has 5 atom stereocenters. The summed E-state index contributed by atoms with van der Waals surface area (Å²) in [7, 11) is -1.07. The van der Waals surface area contributed by atoms with Gasteiger partial charge >= 0.3 is 5.97 Å². The number of likely N-dealkylation sites (tertiary alicyclic amines) is 1. The molecule has 1 saturated heterocycles. The number of carbonyl (C=O) groups excluding carboxylic acids is 2. The molecule has 2 aromatic rings. The van der Waals surface area contributed by atoms with Crippen LogP contribution in [0, 0.1) is 5.92 Å². The number of nitrogens with one attached hydrogen (secondary N) is 1. The van der Waals surface area contributed by atoms with E-state index < -0.39 is 56.8 Å². The van der Waals surface area contributed by atoms with E-state index in [9.17, 15) is 18.4 Å². The van der Waals surface area contributed by atoms with Gasteiger partial charge in [-0.25, -0.2) is 13.6 Å². The Morgan fingerprint density at radius 1 is 1.00 bits per heavy atom. The summed E-state index contributed by atoms with van der Waals surface area (Å²) in [4.78, 5) is 28.2. The Kier molecular flexibility index (Phi) is 9.49. The van der Waals surface area contributed by atoms with Crippen LogP contribution in [0.15, 0.2) is 60.7 Å². The van der Waals surface area contributed by atoms with Crippen molar-refractivity contribution in [3.8, 4) is 0 Å². The van der Waals surface area contributed by atoms with E-state index in [1.54, 1.807) is 37.3 Å². The first-order valence-electron chi connectivity index (χ1n) is 13.0. The zero-order valence-electron chi connectivity index (χ0n) is 23.3. The molecule has 1 amide bonds. The summed E-state index contributed by atoms with van der Waals surface area (Å²) in [6.45, 7) is 12.0. The molecule has 0 saturated carbocycles. The normalized spacial score (nSPS) is 24.7. The molecule has 0 unspecified atom stereocenters. The number of alkyl halides is 2. The number of amides is 1. The van der Waals surface area contributed by atoms with Crippen molar-refractivity contribution in [2.75, 3.05) is 7.05 Å². The number of rotatable bonds is 8. The van der Waals surface area contributed by atoms with Crippen LogP contribution in [-0.4, -0.2) is 62.9 Å². The summed E-state index contributed by atoms with van der Waals surface area (Å²) < 4.78 is 42.5. The van der Waals surface area contributed by atoms with Gasteiger partial charge < -0.3 is 14.5 Å². The maximum Gasteiger partial charge on any atom is 0.338 e. The van der Waals surface area contributed by atoms with Crippen LogP contribution in [-0.2, 0) is 20.5 Å². The molecule has 0 radical (unpaired) electrons. The van der Waals surface area contributed by atoms with E-state index in [1.165, 1.54) is 11.9 Å². The average Bonchev–Trinajstić information content (AvgIpc) is 2.86. The molecular weight excluding hydrogens is 506 g/mol. The number of likely N-dealkylation sites (N-methyl/N-ethyl adjacent to an activating group) is 1. The Morgan fingerprint density at radius 2 is 1.55 bits per heavy atom. The highest BCUT2D eigenvalue weighted by atomic mass is 28.4. The van der Waals surface area contributed by atoms with Crippen LogP contribution in [0.1, 0.15) is 43.6 Å². The van der Waals surface area contributed by atoms with Crippen LogP contribution in [0.4, 0.5) is 8.78 Å². The molecule has 0 aromatic heterocycles. The fraction of sp³-hybridized carbons (Fsp3) is 0.517. The van der Waals surface area contributed by atoms with Crippen molar-refractivity contribution in [2.45, 2.75) is 83.1 Å². The van der Waals surface area contributed by atoms with Gasteiger partial charge in [-0.05, 0) is 35.8 Å². The summed E-state index contributed by atoms with van der Waals surface area (Å²) >= 11 is 0. The predicted molar refractivity (Wildman–Crippen MR) is 147 cm³/mol. The molecule has 2 aromatic carbocycles. The van der Waals surface area contributed by atoms with Crippen LogP contribution >= 0.6 is 0 Å². The van der Waals surface area contributed by atoms with Crippen molar-refractivity contribution in [1.82, 2.24) is 10.2 Å². The lowest BCUT2D eigenvalue weighted by molar-refractivity contribution is -0.171. The number of benzene rings is 2. The quantitative estimate of drug-likeness (QED) is 0.350. The van der Waals surface area contributed by atoms with E-state index in [1.807, 2.05) is 43.4 Å². The highest BCUT2D eigenvalue weighted by Gasteiger charge is 2.57. The largest absolute Gasteiger partial charge is 0.454 e. The fourth-order valence-corrected chi connectivity index (χ4v) is 6.14. The van der Waals surface area contributed by atoms with E-state index in [-0.39, 0.29) is 11.6 Å². The smallest absolute Gasteiger partial charge is 0.338 e. The molecule has 3 rings (SSSR count). The second-order valence-electron chi connectivity index (χ2n) is 11.5. The minimum Gasteiger partial charge on any atom is -0.454 e. The summed E-state index contributed by atoms with van der Waals surface area (Å²) in [6.07, 6.45) is -4.76. The van der Waals surface area contributed by atoms with Gasteiger partial charge in [0, 0.05) is 19.5 Å². The van der Waals surface area contributed by atoms with Crippen molar-refractivity contribution < 1.29 is 27.5 Å². The molecule has 6 nitrogen and oxygen atoms in total. The Labute approximate surface area is 225 Å². The number of hydrogen-bond acceptors (Lipinski definition) is 5. The first-order valence-corrected chi connectivity index (χ1v) is 15.9. The summed E-state index contributed by atoms with van der Waals surface area (Å²) in [5.74, 6) is -1.87. The average molecular weight is 547 g/mol. The van der Waals surface area contributed by atoms with Crippen molar-refractivity contribution in [3.05, 3.63) is 71.8 Å². The minimum atomic E-state index is -2.75. The molecule has 0 bridgehead atoms. The lowest BCUT2D eigenvalue weighted by Gasteiger charge is -2.53. The van der Waals surface area contributed by atoms with Gasteiger partial charge in [0.05, 0.1) is 17.7 Å². The van der Waals surface area contributed by atoms with Crippen LogP contribution < -0.4 is 5.32 Å². The number of esters is 1. The third kappa shape index (κ3) is 6.50. The second kappa shape index (κ2) is 12.0. The van der Waals surface area contributed by atoms with Crippen molar-refractivity contribution in [3.63, 3.8) is 0 Å². The standard InChI is InChI=1S/C29H40F2N2O4Si/c1-19-22(26(30)31)33(18-20-14-10-8-11-15-20)23(27(34)32-5)25(24(19)37-38(6,7)29(2,3)4)36-28(35)21-16-12-9-13-17-21/h8-17,19,22-26H,18H2,1-7H3,(H,32,34)/t19-,22+,23+,24+,25-/m1/s1. The van der Waals surface area contributed by atoms with Crippen LogP contribution in [0.3, 0.4) is 0 Å². The van der Waals surface area contributed by atoms with E-state index in [2.05, 4.69) is 26.1 Å². The predicted octanol–water partition coefficient (Wildman–Crippen LogP) is 5.50. The molecule has 1 fully saturated rings. The van der Waals surface area contributed by atoms with E-state index >= 15 is 0 Å². The summed E-state index contributed by atoms with van der Waals surface area (Å²) in [5.41, 5.74) is 1.09. The number of nitrogens with zero attached hydrogens (tertiary/aromatic N) is 1. The van der Waals surface area contributed by atoms with E-state index in [0.29, 0.717) is 5.56 Å². The number of halogens is 2. The summed E-state index contributed by atoms with van der Waals surface area (Å²) in [6, 6.07) is 15.1. The topological polar surface area (TPSA) is 67.9 Å². The molecule has 1 aliphatic heterocycles. The lowest BCUT2D eigenvalue weighted by atomic mass is 9.81. The molecule has 0 spiro atoms. The first-order chi connectivity index (χ1) is 17.8. The Morgan fingerprint density at radius 3 is 2.05 bits per heavy atom. The van der Waals surface area contributed by atoms with Crippen LogP contribution in [0.2, 0.25) is 18.1 Å². The van der Waals surface area contributed by atoms with Gasteiger partial charge in [0.25, 0.3) is 6.43 Å². The van der Waals surface area contributed by atoms with Gasteiger partial charge in [0.2, 0.25) is 5.91 Å². The van der Waals surface area contributed by atoms with Crippen molar-refractivity contribution in [1.29, 1.82) is 0 Å². The van der Waals surface area contributed by atoms with Gasteiger partial charge in [-0.15, -0.1) is 0 Å². The Hall–Kier alpha value is -2.62. The highest BCUT2D eigenvalue weighted by Crippen LogP contribution is 2.43. The molecule has 38 heavy (non-hydrogen) atoms. The van der Waals surface area contributed by atoms with Gasteiger partial charge in [-0.2, -0.15) is 0 Å². The van der Waals surface area contributed by atoms with Gasteiger partial charge in [-0.3, -0.25) is 9.69 Å². The maximum atomic E-state index is 14.8. The number of ether oxygens (including phenoxy) is 1. The molecule has 208 valence electrons. The zero-order chi connectivity index (χ0) is 28.3. The number of carbonyl (C=O) groups is 2. The molecule has 0 aliphatic carbocycles. The Bertz CT molecular complexity index is 1080. The second-order valence-corrected chi connectivity index (χ2v) is 16.2. The van der Waals surface area contributed by atoms with E-state index in [0.717, 1.165) is 5.56 Å². The van der Waals surface area contributed by atoms with Gasteiger partial charge in [0.15, 0.2) is 14.4 Å². The van der Waals surface area contributed by atoms with Crippen molar-refractivity contribution in [2.24, 2.45) is 5.92 Å². The maximum absolute atomic E-state index is 14.8. The zero-order valence-corrected chi connectivity index (χ0v) is 24.3. The van der Waals surface area contributed by atoms with Crippen molar-refractivity contribution >= 4 is 20.2 Å². The lowest BCUT2D eigenvalue weighted by Crippen LogP contribution is -2.70. The van der Waals surface area contributed by atoms with Crippen LogP contribution in [0.5, 0.6) is 0 Å². The Balaban J connectivity index is 2.15. The SMILES string of the molecule is CNC(=O)[C@@H]1[C@@H](OC(=O)c2ccccc2)[C@@H](O[Si](C)(C)C(C)(C)C)[C@H](C)[C@@H](C(F)F)N1Cc1ccccc1. The minimum absolute atomic E-state index is 0.0878. The van der Waals surface area contributed by atoms with Gasteiger partial charge in [-0.1, -0.05) is 76.2 Å². The number of hydrogen-bond donors (Lipinski definition) is 1. The molecule has 9 heteroatoms.